The van der Waals surface area contributed by atoms with Crippen LogP contribution in [-0.2, 0) is 10.0 Å². The number of H-pyrrole nitrogens is 1. The van der Waals surface area contributed by atoms with Crippen LogP contribution in [0.4, 0.5) is 8.78 Å². The van der Waals surface area contributed by atoms with E-state index in [4.69, 9.17) is 11.6 Å². The summed E-state index contributed by atoms with van der Waals surface area (Å²) >= 11 is 6.23. The lowest BCUT2D eigenvalue weighted by Crippen LogP contribution is -2.63. The van der Waals surface area contributed by atoms with Crippen LogP contribution in [0.2, 0.25) is 5.02 Å². The van der Waals surface area contributed by atoms with Gasteiger partial charge >= 0.3 is 0 Å². The van der Waals surface area contributed by atoms with Gasteiger partial charge < -0.3 is 10.3 Å². The van der Waals surface area contributed by atoms with Gasteiger partial charge in [0.1, 0.15) is 0 Å². The highest BCUT2D eigenvalue weighted by atomic mass is 35.5. The number of aromatic nitrogens is 2. The molecule has 1 aliphatic carbocycles. The first-order valence-corrected chi connectivity index (χ1v) is 13.0. The molecule has 2 heterocycles. The predicted molar refractivity (Wildman–Crippen MR) is 124 cm³/mol. The normalized spacial score (nSPS) is 21.3. The molecule has 2 aromatic rings. The number of sulfonamides is 1. The molecule has 1 aliphatic heterocycles. The second-order valence-corrected chi connectivity index (χ2v) is 11.3. The average molecular weight is 516 g/mol. The summed E-state index contributed by atoms with van der Waals surface area (Å²) in [5, 5.41) is 3.28. The van der Waals surface area contributed by atoms with E-state index >= 15 is 0 Å². The van der Waals surface area contributed by atoms with Crippen molar-refractivity contribution in [3.05, 3.63) is 46.9 Å². The molecule has 1 saturated carbocycles. The van der Waals surface area contributed by atoms with E-state index in [0.29, 0.717) is 23.7 Å². The van der Waals surface area contributed by atoms with Gasteiger partial charge in [0, 0.05) is 51.1 Å². The number of aryl methyl sites for hydroxylation is 1. The van der Waals surface area contributed by atoms with Crippen LogP contribution >= 0.6 is 11.6 Å². The molecule has 0 unspecified atom stereocenters. The van der Waals surface area contributed by atoms with Crippen molar-refractivity contribution in [1.29, 1.82) is 0 Å². The third-order valence-electron chi connectivity index (χ3n) is 6.94. The highest BCUT2D eigenvalue weighted by Gasteiger charge is 2.48. The van der Waals surface area contributed by atoms with Gasteiger partial charge in [-0.15, -0.1) is 0 Å². The molecule has 1 aromatic heterocycles. The highest BCUT2D eigenvalue weighted by molar-refractivity contribution is 7.89. The predicted octanol–water partition coefficient (Wildman–Crippen LogP) is 3.06. The van der Waals surface area contributed by atoms with Crippen LogP contribution in [0.25, 0.3) is 0 Å². The molecule has 2 aliphatic rings. The van der Waals surface area contributed by atoms with Gasteiger partial charge in [0.2, 0.25) is 5.92 Å². The number of aromatic amines is 1. The summed E-state index contributed by atoms with van der Waals surface area (Å²) in [6.45, 7) is 3.16. The zero-order valence-electron chi connectivity index (χ0n) is 18.9. The Labute approximate surface area is 202 Å². The van der Waals surface area contributed by atoms with Gasteiger partial charge in [-0.25, -0.2) is 22.2 Å². The number of rotatable bonds is 6. The first-order chi connectivity index (χ1) is 16.0. The minimum atomic E-state index is -3.70. The monoisotopic (exact) mass is 515 g/mol. The lowest BCUT2D eigenvalue weighted by atomic mass is 9.78. The number of nitrogens with one attached hydrogen (secondary N) is 2. The fourth-order valence-electron chi connectivity index (χ4n) is 4.86. The minimum absolute atomic E-state index is 0.0235. The number of amides is 1. The summed E-state index contributed by atoms with van der Waals surface area (Å²) in [5.74, 6) is -3.08. The molecule has 2 fully saturated rings. The number of piperazine rings is 1. The highest BCUT2D eigenvalue weighted by Crippen LogP contribution is 2.42. The van der Waals surface area contributed by atoms with E-state index in [9.17, 15) is 22.0 Å². The molecule has 1 amide bonds. The molecule has 12 heteroatoms. The Morgan fingerprint density at radius 3 is 2.44 bits per heavy atom. The van der Waals surface area contributed by atoms with Crippen molar-refractivity contribution in [2.24, 2.45) is 0 Å². The number of benzene rings is 1. The van der Waals surface area contributed by atoms with Gasteiger partial charge in [0.15, 0.2) is 5.03 Å². The molecule has 0 radical (unpaired) electrons. The van der Waals surface area contributed by atoms with Crippen molar-refractivity contribution < 1.29 is 22.0 Å². The summed E-state index contributed by atoms with van der Waals surface area (Å²) in [4.78, 5) is 21.4. The van der Waals surface area contributed by atoms with Gasteiger partial charge in [-0.2, -0.15) is 4.31 Å². The van der Waals surface area contributed by atoms with Crippen LogP contribution in [0.15, 0.2) is 35.7 Å². The van der Waals surface area contributed by atoms with Crippen LogP contribution in [0.1, 0.15) is 41.6 Å². The Balaban J connectivity index is 1.49. The smallest absolute Gasteiger partial charge is 0.260 e. The quantitative estimate of drug-likeness (QED) is 0.616. The molecule has 34 heavy (non-hydrogen) atoms. The summed E-state index contributed by atoms with van der Waals surface area (Å²) in [6.07, 6.45) is 2.42. The first kappa shape index (κ1) is 25.0. The number of carbonyl (C=O) groups excluding carboxylic acids is 1. The van der Waals surface area contributed by atoms with Crippen molar-refractivity contribution in [3.63, 3.8) is 0 Å². The standard InChI is InChI=1S/C22H28ClF2N5O3S/c1-16-3-2-4-17(23)19(16)20(31)27-14-21(5-7-22(24,25)8-6-21)29-9-11-30(12-10-29)34(32,33)18-13-26-15-28-18/h2-4,13,15H,5-12,14H2,1H3,(H,26,28)(H,27,31). The third kappa shape index (κ3) is 4.98. The lowest BCUT2D eigenvalue weighted by molar-refractivity contribution is -0.0856. The van der Waals surface area contributed by atoms with E-state index in [1.54, 1.807) is 25.1 Å². The molecule has 1 aromatic carbocycles. The number of hydrogen-bond donors (Lipinski definition) is 2. The van der Waals surface area contributed by atoms with Crippen molar-refractivity contribution in [2.75, 3.05) is 32.7 Å². The zero-order valence-corrected chi connectivity index (χ0v) is 20.4. The second kappa shape index (κ2) is 9.52. The van der Waals surface area contributed by atoms with Crippen LogP contribution in [-0.4, -0.2) is 77.7 Å². The van der Waals surface area contributed by atoms with Gasteiger partial charge in [0.25, 0.3) is 15.9 Å². The van der Waals surface area contributed by atoms with Crippen LogP contribution in [0.5, 0.6) is 0 Å². The summed E-state index contributed by atoms with van der Waals surface area (Å²) < 4.78 is 55.0. The summed E-state index contributed by atoms with van der Waals surface area (Å²) in [5.41, 5.74) is 0.416. The van der Waals surface area contributed by atoms with Crippen LogP contribution in [0.3, 0.4) is 0 Å². The number of halogens is 3. The van der Waals surface area contributed by atoms with Gasteiger partial charge in [-0.1, -0.05) is 23.7 Å². The number of carbonyl (C=O) groups is 1. The number of imidazole rings is 1. The van der Waals surface area contributed by atoms with Crippen molar-refractivity contribution in [2.45, 2.75) is 49.1 Å². The Morgan fingerprint density at radius 1 is 1.18 bits per heavy atom. The van der Waals surface area contributed by atoms with E-state index < -0.39 is 21.5 Å². The SMILES string of the molecule is Cc1cccc(Cl)c1C(=O)NCC1(N2CCN(S(=O)(=O)c3cnc[nH]3)CC2)CCC(F)(F)CC1. The Kier molecular flexibility index (Phi) is 7.01. The van der Waals surface area contributed by atoms with E-state index in [0.717, 1.165) is 5.56 Å². The number of nitrogens with zero attached hydrogens (tertiary/aromatic N) is 3. The maximum absolute atomic E-state index is 14.0. The topological polar surface area (TPSA) is 98.4 Å². The molecular weight excluding hydrogens is 488 g/mol. The third-order valence-corrected chi connectivity index (χ3v) is 9.08. The van der Waals surface area contributed by atoms with E-state index in [1.807, 2.05) is 0 Å². The second-order valence-electron chi connectivity index (χ2n) is 9.00. The maximum atomic E-state index is 14.0. The maximum Gasteiger partial charge on any atom is 0.260 e. The van der Waals surface area contributed by atoms with Gasteiger partial charge in [-0.3, -0.25) is 9.69 Å². The fraction of sp³-hybridized carbons (Fsp3) is 0.545. The minimum Gasteiger partial charge on any atom is -0.350 e. The average Bonchev–Trinajstić information content (AvgIpc) is 3.35. The van der Waals surface area contributed by atoms with E-state index in [1.165, 1.54) is 16.8 Å². The molecule has 8 nitrogen and oxygen atoms in total. The lowest BCUT2D eigenvalue weighted by Gasteiger charge is -2.50. The van der Waals surface area contributed by atoms with E-state index in [-0.39, 0.29) is 56.3 Å². The Bertz CT molecular complexity index is 1110. The number of alkyl halides is 2. The zero-order chi connectivity index (χ0) is 24.6. The summed E-state index contributed by atoms with van der Waals surface area (Å²) in [7, 11) is -3.70. The molecule has 0 bridgehead atoms. The van der Waals surface area contributed by atoms with Crippen molar-refractivity contribution in [3.8, 4) is 0 Å². The molecule has 4 rings (SSSR count). The Hall–Kier alpha value is -2.08. The van der Waals surface area contributed by atoms with Crippen molar-refractivity contribution >= 4 is 27.5 Å². The number of hydrogen-bond acceptors (Lipinski definition) is 5. The molecule has 1 saturated heterocycles. The molecular formula is C22H28ClF2N5O3S. The molecule has 2 N–H and O–H groups in total. The van der Waals surface area contributed by atoms with Crippen LogP contribution in [0, 0.1) is 6.92 Å². The Morgan fingerprint density at radius 2 is 1.85 bits per heavy atom. The van der Waals surface area contributed by atoms with Gasteiger partial charge in [0.05, 0.1) is 23.1 Å². The molecule has 0 atom stereocenters. The fourth-order valence-corrected chi connectivity index (χ4v) is 6.49. The molecule has 186 valence electrons. The van der Waals surface area contributed by atoms with Gasteiger partial charge in [-0.05, 0) is 31.4 Å². The van der Waals surface area contributed by atoms with Crippen molar-refractivity contribution in [1.82, 2.24) is 24.5 Å². The largest absolute Gasteiger partial charge is 0.350 e. The van der Waals surface area contributed by atoms with E-state index in [2.05, 4.69) is 20.2 Å². The first-order valence-electron chi connectivity index (χ1n) is 11.2. The molecule has 0 spiro atoms. The van der Waals surface area contributed by atoms with Crippen LogP contribution < -0.4 is 5.32 Å². The summed E-state index contributed by atoms with van der Waals surface area (Å²) in [6, 6.07) is 5.19.